The first-order valence-corrected chi connectivity index (χ1v) is 8.66. The SMILES string of the molecule is Cc1cc(-c2nnc(NC(=O)CCn3cnc4ccccc4c3=O)o2)c(C)o1. The molecule has 0 aliphatic carbocycles. The molecule has 0 aliphatic rings. The Bertz CT molecular complexity index is 1220. The predicted octanol–water partition coefficient (Wildman–Crippen LogP) is 2.69. The Morgan fingerprint density at radius 1 is 1.18 bits per heavy atom. The number of furan rings is 1. The minimum absolute atomic E-state index is 0.0118. The summed E-state index contributed by atoms with van der Waals surface area (Å²) in [6, 6.07) is 8.84. The fourth-order valence-corrected chi connectivity index (χ4v) is 2.89. The Kier molecular flexibility index (Phi) is 4.48. The highest BCUT2D eigenvalue weighted by atomic mass is 16.4. The highest BCUT2D eigenvalue weighted by molar-refractivity contribution is 5.88. The first-order valence-electron chi connectivity index (χ1n) is 8.66. The number of carbonyl (C=O) groups excluding carboxylic acids is 1. The molecule has 3 aromatic heterocycles. The number of amides is 1. The van der Waals surface area contributed by atoms with Gasteiger partial charge in [0, 0.05) is 13.0 Å². The molecule has 0 fully saturated rings. The van der Waals surface area contributed by atoms with Crippen molar-refractivity contribution in [3.05, 3.63) is 58.5 Å². The van der Waals surface area contributed by atoms with E-state index in [0.717, 1.165) is 5.76 Å². The van der Waals surface area contributed by atoms with Gasteiger partial charge in [-0.1, -0.05) is 17.2 Å². The normalized spacial score (nSPS) is 11.1. The van der Waals surface area contributed by atoms with E-state index in [2.05, 4.69) is 20.5 Å². The molecule has 0 saturated heterocycles. The van der Waals surface area contributed by atoms with Gasteiger partial charge >= 0.3 is 6.01 Å². The minimum atomic E-state index is -0.352. The summed E-state index contributed by atoms with van der Waals surface area (Å²) in [6.07, 6.45) is 1.49. The first kappa shape index (κ1) is 17.7. The van der Waals surface area contributed by atoms with Crippen molar-refractivity contribution in [3.8, 4) is 11.5 Å². The maximum Gasteiger partial charge on any atom is 0.322 e. The Hall–Kier alpha value is -3.75. The lowest BCUT2D eigenvalue weighted by Gasteiger charge is -2.06. The van der Waals surface area contributed by atoms with Crippen LogP contribution in [0.5, 0.6) is 0 Å². The summed E-state index contributed by atoms with van der Waals surface area (Å²) in [5, 5.41) is 10.8. The van der Waals surface area contributed by atoms with Gasteiger partial charge in [0.05, 0.1) is 22.8 Å². The lowest BCUT2D eigenvalue weighted by molar-refractivity contribution is -0.116. The molecular formula is C19H17N5O4. The second-order valence-electron chi connectivity index (χ2n) is 6.30. The molecule has 0 atom stereocenters. The van der Waals surface area contributed by atoms with Crippen LogP contribution in [0.15, 0.2) is 50.3 Å². The topological polar surface area (TPSA) is 116 Å². The van der Waals surface area contributed by atoms with Crippen molar-refractivity contribution >= 4 is 22.8 Å². The highest BCUT2D eigenvalue weighted by Crippen LogP contribution is 2.26. The monoisotopic (exact) mass is 379 g/mol. The average molecular weight is 379 g/mol. The van der Waals surface area contributed by atoms with E-state index in [0.29, 0.717) is 22.2 Å². The second-order valence-corrected chi connectivity index (χ2v) is 6.30. The zero-order valence-electron chi connectivity index (χ0n) is 15.3. The molecule has 0 spiro atoms. The highest BCUT2D eigenvalue weighted by Gasteiger charge is 2.16. The van der Waals surface area contributed by atoms with Crippen LogP contribution >= 0.6 is 0 Å². The van der Waals surface area contributed by atoms with Crippen molar-refractivity contribution in [2.24, 2.45) is 0 Å². The maximum atomic E-state index is 12.4. The van der Waals surface area contributed by atoms with E-state index in [4.69, 9.17) is 8.83 Å². The van der Waals surface area contributed by atoms with Crippen LogP contribution in [-0.2, 0) is 11.3 Å². The van der Waals surface area contributed by atoms with Gasteiger partial charge in [0.1, 0.15) is 11.5 Å². The average Bonchev–Trinajstić information content (AvgIpc) is 3.27. The van der Waals surface area contributed by atoms with E-state index in [1.807, 2.05) is 13.0 Å². The van der Waals surface area contributed by atoms with E-state index in [1.165, 1.54) is 10.9 Å². The number of anilines is 1. The van der Waals surface area contributed by atoms with Crippen LogP contribution in [0.4, 0.5) is 6.01 Å². The molecule has 0 bridgehead atoms. The summed E-state index contributed by atoms with van der Waals surface area (Å²) in [5.41, 5.74) is 1.11. The van der Waals surface area contributed by atoms with Crippen molar-refractivity contribution in [1.29, 1.82) is 0 Å². The Morgan fingerprint density at radius 2 is 2.00 bits per heavy atom. The van der Waals surface area contributed by atoms with Gasteiger partial charge < -0.3 is 8.83 Å². The second kappa shape index (κ2) is 7.10. The van der Waals surface area contributed by atoms with Crippen LogP contribution in [0, 0.1) is 13.8 Å². The van der Waals surface area contributed by atoms with Crippen LogP contribution in [-0.4, -0.2) is 25.7 Å². The molecular weight excluding hydrogens is 362 g/mol. The van der Waals surface area contributed by atoms with Gasteiger partial charge in [-0.15, -0.1) is 5.10 Å². The summed E-state index contributed by atoms with van der Waals surface area (Å²) in [7, 11) is 0. The number of para-hydroxylation sites is 1. The lowest BCUT2D eigenvalue weighted by atomic mass is 10.2. The van der Waals surface area contributed by atoms with Crippen molar-refractivity contribution in [1.82, 2.24) is 19.7 Å². The molecule has 3 heterocycles. The number of fused-ring (bicyclic) bond motifs is 1. The predicted molar refractivity (Wildman–Crippen MR) is 101 cm³/mol. The molecule has 142 valence electrons. The summed E-state index contributed by atoms with van der Waals surface area (Å²) < 4.78 is 12.3. The number of hydrogen-bond acceptors (Lipinski definition) is 7. The molecule has 1 amide bonds. The summed E-state index contributed by atoms with van der Waals surface area (Å²) in [6.45, 7) is 3.79. The Labute approximate surface area is 159 Å². The van der Waals surface area contributed by atoms with Gasteiger partial charge in [0.25, 0.3) is 11.4 Å². The molecule has 0 aliphatic heterocycles. The van der Waals surface area contributed by atoms with Gasteiger partial charge in [-0.3, -0.25) is 19.5 Å². The third-order valence-corrected chi connectivity index (χ3v) is 4.25. The molecule has 4 rings (SSSR count). The zero-order valence-corrected chi connectivity index (χ0v) is 15.3. The molecule has 28 heavy (non-hydrogen) atoms. The third kappa shape index (κ3) is 3.41. The number of benzene rings is 1. The standard InChI is InChI=1S/C19H17N5O4/c1-11-9-14(12(2)27-11)17-22-23-19(28-17)21-16(25)7-8-24-10-20-15-6-4-3-5-13(15)18(24)26/h3-6,9-10H,7-8H2,1-2H3,(H,21,23,25). The van der Waals surface area contributed by atoms with Crippen molar-refractivity contribution in [2.75, 3.05) is 5.32 Å². The van der Waals surface area contributed by atoms with Gasteiger partial charge in [0.15, 0.2) is 0 Å². The van der Waals surface area contributed by atoms with Gasteiger partial charge in [-0.25, -0.2) is 4.98 Å². The number of hydrogen-bond donors (Lipinski definition) is 1. The van der Waals surface area contributed by atoms with Crippen molar-refractivity contribution in [3.63, 3.8) is 0 Å². The number of aromatic nitrogens is 4. The molecule has 1 N–H and O–H groups in total. The zero-order chi connectivity index (χ0) is 19.7. The molecule has 4 aromatic rings. The largest absolute Gasteiger partial charge is 0.466 e. The molecule has 9 nitrogen and oxygen atoms in total. The molecule has 0 saturated carbocycles. The summed E-state index contributed by atoms with van der Waals surface area (Å²) in [5.74, 6) is 1.29. The Morgan fingerprint density at radius 3 is 2.79 bits per heavy atom. The molecule has 9 heteroatoms. The van der Waals surface area contributed by atoms with Gasteiger partial charge in [-0.2, -0.15) is 0 Å². The van der Waals surface area contributed by atoms with Crippen molar-refractivity contribution < 1.29 is 13.6 Å². The van der Waals surface area contributed by atoms with Crippen LogP contribution in [0.25, 0.3) is 22.4 Å². The smallest absolute Gasteiger partial charge is 0.322 e. The fourth-order valence-electron chi connectivity index (χ4n) is 2.89. The van der Waals surface area contributed by atoms with Crippen LogP contribution < -0.4 is 10.9 Å². The van der Waals surface area contributed by atoms with Crippen LogP contribution in [0.1, 0.15) is 17.9 Å². The lowest BCUT2D eigenvalue weighted by Crippen LogP contribution is -2.23. The van der Waals surface area contributed by atoms with Crippen LogP contribution in [0.2, 0.25) is 0 Å². The number of carbonyl (C=O) groups is 1. The molecule has 0 radical (unpaired) electrons. The number of rotatable bonds is 5. The van der Waals surface area contributed by atoms with Crippen LogP contribution in [0.3, 0.4) is 0 Å². The number of aryl methyl sites for hydroxylation is 3. The van der Waals surface area contributed by atoms with E-state index in [9.17, 15) is 9.59 Å². The van der Waals surface area contributed by atoms with Crippen molar-refractivity contribution in [2.45, 2.75) is 26.8 Å². The van der Waals surface area contributed by atoms with E-state index in [-0.39, 0.29) is 36.3 Å². The molecule has 0 unspecified atom stereocenters. The van der Waals surface area contributed by atoms with Gasteiger partial charge in [0.2, 0.25) is 5.91 Å². The van der Waals surface area contributed by atoms with Gasteiger partial charge in [-0.05, 0) is 32.0 Å². The maximum absolute atomic E-state index is 12.4. The summed E-state index contributed by atoms with van der Waals surface area (Å²) in [4.78, 5) is 28.9. The van der Waals surface area contributed by atoms with E-state index < -0.39 is 0 Å². The van der Waals surface area contributed by atoms with E-state index in [1.54, 1.807) is 31.2 Å². The fraction of sp³-hybridized carbons (Fsp3) is 0.211. The minimum Gasteiger partial charge on any atom is -0.466 e. The third-order valence-electron chi connectivity index (χ3n) is 4.25. The quantitative estimate of drug-likeness (QED) is 0.566. The number of nitrogens with one attached hydrogen (secondary N) is 1. The first-order chi connectivity index (χ1) is 13.5. The molecule has 1 aromatic carbocycles. The Balaban J connectivity index is 1.42. The van der Waals surface area contributed by atoms with E-state index >= 15 is 0 Å². The number of nitrogens with zero attached hydrogens (tertiary/aromatic N) is 4. The summed E-state index contributed by atoms with van der Waals surface area (Å²) >= 11 is 0.